The summed E-state index contributed by atoms with van der Waals surface area (Å²) in [5.74, 6) is -0.411. The molecule has 0 fully saturated rings. The lowest BCUT2D eigenvalue weighted by Gasteiger charge is -2.14. The van der Waals surface area contributed by atoms with Crippen LogP contribution < -0.4 is 5.32 Å². The van der Waals surface area contributed by atoms with Crippen LogP contribution in [0.3, 0.4) is 0 Å². The normalized spacial score (nSPS) is 14.1. The summed E-state index contributed by atoms with van der Waals surface area (Å²) in [7, 11) is 0. The summed E-state index contributed by atoms with van der Waals surface area (Å²) in [6.45, 7) is 2.18. The maximum atomic E-state index is 13.1. The average molecular weight is 539 g/mol. The number of alkyl halides is 3. The first-order valence-electron chi connectivity index (χ1n) is 12.6. The standard InChI is InChI=1S/C29H25F3N2O3S/c1-2-11-38-15-16-7-8-22-19(12-16)24-21-14-33-27(35)25(21)23-18-6-4-3-5-17(18)13-20(23)26(24)34(22)9-10-37-28(36)29(30,31)32/h3-8,12H,2,9-11,13-15H2,1H3,(H,33,35). The highest BCUT2D eigenvalue weighted by Gasteiger charge is 2.41. The van der Waals surface area contributed by atoms with E-state index in [1.165, 1.54) is 0 Å². The molecule has 2 heterocycles. The van der Waals surface area contributed by atoms with Crippen LogP contribution in [0.1, 0.15) is 46.0 Å². The van der Waals surface area contributed by atoms with Gasteiger partial charge in [0.05, 0.1) is 17.6 Å². The highest BCUT2D eigenvalue weighted by Crippen LogP contribution is 2.48. The second-order valence-electron chi connectivity index (χ2n) is 9.64. The number of aromatic nitrogens is 1. The van der Waals surface area contributed by atoms with E-state index < -0.39 is 18.8 Å². The van der Waals surface area contributed by atoms with Crippen molar-refractivity contribution in [3.05, 3.63) is 70.3 Å². The number of amides is 1. The number of esters is 1. The van der Waals surface area contributed by atoms with Gasteiger partial charge in [0.25, 0.3) is 5.91 Å². The third-order valence-electron chi connectivity index (χ3n) is 7.27. The lowest BCUT2D eigenvalue weighted by molar-refractivity contribution is -0.199. The van der Waals surface area contributed by atoms with Crippen LogP contribution in [0.4, 0.5) is 13.2 Å². The topological polar surface area (TPSA) is 60.3 Å². The smallest absolute Gasteiger partial charge is 0.457 e. The molecule has 1 N–H and O–H groups in total. The van der Waals surface area contributed by atoms with Crippen LogP contribution in [-0.4, -0.2) is 35.0 Å². The molecular formula is C29H25F3N2O3S. The van der Waals surface area contributed by atoms with E-state index in [0.29, 0.717) is 18.5 Å². The van der Waals surface area contributed by atoms with Gasteiger partial charge in [0.1, 0.15) is 6.61 Å². The van der Waals surface area contributed by atoms with Crippen LogP contribution in [0.15, 0.2) is 42.5 Å². The first-order chi connectivity index (χ1) is 18.3. The number of nitrogens with one attached hydrogen (secondary N) is 1. The summed E-state index contributed by atoms with van der Waals surface area (Å²) in [5, 5.41) is 4.91. The number of rotatable bonds is 7. The van der Waals surface area contributed by atoms with Crippen LogP contribution in [-0.2, 0) is 34.8 Å². The summed E-state index contributed by atoms with van der Waals surface area (Å²) in [4.78, 5) is 24.5. The minimum atomic E-state index is -5.04. The summed E-state index contributed by atoms with van der Waals surface area (Å²) in [6.07, 6.45) is -3.35. The molecule has 196 valence electrons. The number of halogens is 3. The Balaban J connectivity index is 1.57. The minimum absolute atomic E-state index is 0.0642. The summed E-state index contributed by atoms with van der Waals surface area (Å²) in [5.41, 5.74) is 8.48. The zero-order valence-electron chi connectivity index (χ0n) is 20.7. The molecule has 4 aromatic rings. The predicted octanol–water partition coefficient (Wildman–Crippen LogP) is 6.36. The maximum Gasteiger partial charge on any atom is 0.490 e. The molecule has 5 nitrogen and oxygen atoms in total. The van der Waals surface area contributed by atoms with Gasteiger partial charge in [-0.15, -0.1) is 0 Å². The lowest BCUT2D eigenvalue weighted by Crippen LogP contribution is -2.26. The Kier molecular flexibility index (Phi) is 6.13. The molecule has 1 amide bonds. The Labute approximate surface area is 221 Å². The summed E-state index contributed by atoms with van der Waals surface area (Å²) < 4.78 is 44.9. The Morgan fingerprint density at radius 1 is 1.13 bits per heavy atom. The van der Waals surface area contributed by atoms with Gasteiger partial charge in [-0.1, -0.05) is 37.3 Å². The fourth-order valence-electron chi connectivity index (χ4n) is 5.80. The quantitative estimate of drug-likeness (QED) is 0.194. The zero-order valence-corrected chi connectivity index (χ0v) is 21.5. The van der Waals surface area contributed by atoms with E-state index in [-0.39, 0.29) is 12.5 Å². The second kappa shape index (κ2) is 9.38. The molecule has 3 aromatic carbocycles. The number of carbonyl (C=O) groups is 2. The molecule has 0 saturated heterocycles. The largest absolute Gasteiger partial charge is 0.490 e. The third-order valence-corrected chi connectivity index (χ3v) is 8.51. The first-order valence-corrected chi connectivity index (χ1v) is 13.8. The SMILES string of the molecule is CCCSCc1ccc2c(c1)c1c3c(c4c(c1n2CCOC(=O)C(F)(F)F)Cc1ccccc1-4)C(=O)NC3. The highest BCUT2D eigenvalue weighted by atomic mass is 32.2. The Morgan fingerprint density at radius 2 is 1.95 bits per heavy atom. The van der Waals surface area contributed by atoms with Crippen molar-refractivity contribution in [2.45, 2.75) is 44.8 Å². The van der Waals surface area contributed by atoms with Gasteiger partial charge in [-0.25, -0.2) is 4.79 Å². The van der Waals surface area contributed by atoms with Crippen LogP contribution in [0, 0.1) is 0 Å². The van der Waals surface area contributed by atoms with E-state index in [1.807, 2.05) is 52.7 Å². The van der Waals surface area contributed by atoms with Gasteiger partial charge in [0, 0.05) is 40.6 Å². The number of hydrogen-bond donors (Lipinski definition) is 1. The van der Waals surface area contributed by atoms with Crippen molar-refractivity contribution in [1.82, 2.24) is 9.88 Å². The number of ether oxygens (including phenoxy) is 1. The van der Waals surface area contributed by atoms with Crippen LogP contribution in [0.2, 0.25) is 0 Å². The van der Waals surface area contributed by atoms with E-state index in [4.69, 9.17) is 0 Å². The fraction of sp³-hybridized carbons (Fsp3) is 0.310. The predicted molar refractivity (Wildman–Crippen MR) is 142 cm³/mol. The average Bonchev–Trinajstić information content (AvgIpc) is 3.55. The van der Waals surface area contributed by atoms with E-state index in [1.54, 1.807) is 0 Å². The van der Waals surface area contributed by atoms with Crippen molar-refractivity contribution in [3.63, 3.8) is 0 Å². The number of carbonyl (C=O) groups excluding carboxylic acids is 2. The molecule has 6 rings (SSSR count). The van der Waals surface area contributed by atoms with Crippen LogP contribution >= 0.6 is 11.8 Å². The van der Waals surface area contributed by atoms with Gasteiger partial charge in [0.15, 0.2) is 0 Å². The molecule has 0 spiro atoms. The Hall–Kier alpha value is -3.46. The molecule has 1 aliphatic heterocycles. The molecule has 0 radical (unpaired) electrons. The molecule has 1 aromatic heterocycles. The molecule has 2 aliphatic rings. The molecule has 38 heavy (non-hydrogen) atoms. The zero-order chi connectivity index (χ0) is 26.6. The number of hydrogen-bond acceptors (Lipinski definition) is 4. The van der Waals surface area contributed by atoms with Crippen molar-refractivity contribution in [2.75, 3.05) is 12.4 Å². The Bertz CT molecular complexity index is 1620. The van der Waals surface area contributed by atoms with Crippen molar-refractivity contribution in [3.8, 4) is 11.1 Å². The van der Waals surface area contributed by atoms with Gasteiger partial charge in [-0.05, 0) is 52.1 Å². The molecular weight excluding hydrogens is 513 g/mol. The maximum absolute atomic E-state index is 13.1. The lowest BCUT2D eigenvalue weighted by atomic mass is 9.92. The monoisotopic (exact) mass is 538 g/mol. The van der Waals surface area contributed by atoms with Gasteiger partial charge < -0.3 is 14.6 Å². The molecule has 0 bridgehead atoms. The van der Waals surface area contributed by atoms with Crippen LogP contribution in [0.25, 0.3) is 32.9 Å². The van der Waals surface area contributed by atoms with Crippen molar-refractivity contribution in [2.24, 2.45) is 0 Å². The first kappa shape index (κ1) is 24.9. The summed E-state index contributed by atoms with van der Waals surface area (Å²) >= 11 is 1.85. The van der Waals surface area contributed by atoms with Gasteiger partial charge in [-0.3, -0.25) is 4.79 Å². The minimum Gasteiger partial charge on any atom is -0.457 e. The summed E-state index contributed by atoms with van der Waals surface area (Å²) in [6, 6.07) is 14.1. The molecule has 0 unspecified atom stereocenters. The number of benzene rings is 3. The van der Waals surface area contributed by atoms with Crippen molar-refractivity contribution in [1.29, 1.82) is 0 Å². The fourth-order valence-corrected chi connectivity index (χ4v) is 6.64. The van der Waals surface area contributed by atoms with E-state index >= 15 is 0 Å². The van der Waals surface area contributed by atoms with E-state index in [2.05, 4.69) is 23.0 Å². The van der Waals surface area contributed by atoms with Gasteiger partial charge >= 0.3 is 12.1 Å². The van der Waals surface area contributed by atoms with E-state index in [0.717, 1.165) is 73.1 Å². The third kappa shape index (κ3) is 3.95. The van der Waals surface area contributed by atoms with Crippen molar-refractivity contribution >= 4 is 45.4 Å². The molecule has 9 heteroatoms. The number of thioether (sulfide) groups is 1. The van der Waals surface area contributed by atoms with Gasteiger partial charge in [-0.2, -0.15) is 24.9 Å². The van der Waals surface area contributed by atoms with Gasteiger partial charge in [0.2, 0.25) is 0 Å². The second-order valence-corrected chi connectivity index (χ2v) is 10.7. The number of nitrogens with zero attached hydrogens (tertiary/aromatic N) is 1. The number of fused-ring (bicyclic) bond motifs is 10. The van der Waals surface area contributed by atoms with Crippen LogP contribution in [0.5, 0.6) is 0 Å². The van der Waals surface area contributed by atoms with Crippen molar-refractivity contribution < 1.29 is 27.5 Å². The van der Waals surface area contributed by atoms with E-state index in [9.17, 15) is 22.8 Å². The Morgan fingerprint density at radius 3 is 2.74 bits per heavy atom. The molecule has 0 saturated carbocycles. The highest BCUT2D eigenvalue weighted by molar-refractivity contribution is 7.98. The molecule has 0 atom stereocenters. The molecule has 1 aliphatic carbocycles.